The lowest BCUT2D eigenvalue weighted by Crippen LogP contribution is -2.39. The number of likely N-dealkylation sites (tertiary alicyclic amines) is 1. The van der Waals surface area contributed by atoms with Crippen LogP contribution >= 0.6 is 0 Å². The summed E-state index contributed by atoms with van der Waals surface area (Å²) in [5, 5.41) is 7.05. The number of hydrogen-bond acceptors (Lipinski definition) is 4. The Morgan fingerprint density at radius 3 is 2.86 bits per heavy atom. The molecule has 3 heterocycles. The molecule has 0 radical (unpaired) electrons. The molecule has 22 heavy (non-hydrogen) atoms. The molecular weight excluding hydrogens is 282 g/mol. The van der Waals surface area contributed by atoms with Gasteiger partial charge in [-0.25, -0.2) is 4.98 Å². The van der Waals surface area contributed by atoms with Gasteiger partial charge in [-0.15, -0.1) is 0 Å². The number of piperidine rings is 1. The summed E-state index contributed by atoms with van der Waals surface area (Å²) in [6, 6.07) is 3.07. The fraction of sp³-hybridized carbons (Fsp3) is 0.467. The van der Waals surface area contributed by atoms with Crippen molar-refractivity contribution in [2.45, 2.75) is 32.6 Å². The number of nitrogens with one attached hydrogen (secondary N) is 2. The maximum Gasteiger partial charge on any atom is 0.254 e. The number of pyridine rings is 1. The van der Waals surface area contributed by atoms with Crippen molar-refractivity contribution in [2.24, 2.45) is 0 Å². The first-order valence-corrected chi connectivity index (χ1v) is 7.42. The summed E-state index contributed by atoms with van der Waals surface area (Å²) in [5.74, 6) is 1.58. The number of rotatable bonds is 2. The first-order valence-electron chi connectivity index (χ1n) is 7.42. The van der Waals surface area contributed by atoms with E-state index in [2.05, 4.69) is 20.2 Å². The summed E-state index contributed by atoms with van der Waals surface area (Å²) in [5.41, 5.74) is 0.878. The molecule has 116 valence electrons. The number of carbonyl (C=O) groups is 1. The first-order chi connectivity index (χ1) is 10.5. The van der Waals surface area contributed by atoms with Crippen molar-refractivity contribution in [3.8, 4) is 0 Å². The predicted octanol–water partition coefficient (Wildman–Crippen LogP) is 1.13. The van der Waals surface area contributed by atoms with E-state index in [0.29, 0.717) is 24.3 Å². The van der Waals surface area contributed by atoms with Crippen LogP contribution in [-0.4, -0.2) is 44.1 Å². The van der Waals surface area contributed by atoms with E-state index in [0.717, 1.165) is 24.5 Å². The standard InChI is InChI=1S/C15H19N5O2/c1-9-6-12(7-13(21)16-9)15(22)20-5-3-4-11(8-20)14-17-10(2)18-19-14/h6-7,11H,3-5,8H2,1-2H3,(H,16,21)(H,17,18,19)/t11-/m1/s1. The monoisotopic (exact) mass is 301 g/mol. The number of aryl methyl sites for hydroxylation is 2. The van der Waals surface area contributed by atoms with E-state index >= 15 is 0 Å². The molecule has 0 saturated carbocycles. The number of amides is 1. The molecule has 2 aromatic rings. The van der Waals surface area contributed by atoms with Crippen LogP contribution in [-0.2, 0) is 0 Å². The van der Waals surface area contributed by atoms with E-state index in [4.69, 9.17) is 0 Å². The van der Waals surface area contributed by atoms with Crippen molar-refractivity contribution in [1.82, 2.24) is 25.1 Å². The van der Waals surface area contributed by atoms with Crippen LogP contribution in [0.2, 0.25) is 0 Å². The molecule has 2 aromatic heterocycles. The van der Waals surface area contributed by atoms with Crippen LogP contribution in [0.15, 0.2) is 16.9 Å². The van der Waals surface area contributed by atoms with Gasteiger partial charge in [0, 0.05) is 36.3 Å². The van der Waals surface area contributed by atoms with Crippen molar-refractivity contribution in [3.63, 3.8) is 0 Å². The summed E-state index contributed by atoms with van der Waals surface area (Å²) in [4.78, 5) is 33.0. The molecule has 3 rings (SSSR count). The first kappa shape index (κ1) is 14.5. The lowest BCUT2D eigenvalue weighted by atomic mass is 9.96. The average molecular weight is 301 g/mol. The molecule has 0 unspecified atom stereocenters. The molecule has 1 saturated heterocycles. The second-order valence-corrected chi connectivity index (χ2v) is 5.79. The Morgan fingerprint density at radius 1 is 1.36 bits per heavy atom. The molecule has 1 fully saturated rings. The maximum absolute atomic E-state index is 12.6. The molecule has 0 spiro atoms. The minimum Gasteiger partial charge on any atom is -0.338 e. The van der Waals surface area contributed by atoms with Gasteiger partial charge in [-0.1, -0.05) is 0 Å². The van der Waals surface area contributed by atoms with Crippen LogP contribution in [0, 0.1) is 13.8 Å². The van der Waals surface area contributed by atoms with Gasteiger partial charge < -0.3 is 9.88 Å². The van der Waals surface area contributed by atoms with E-state index in [-0.39, 0.29) is 17.4 Å². The summed E-state index contributed by atoms with van der Waals surface area (Å²) in [6.45, 7) is 4.92. The second-order valence-electron chi connectivity index (χ2n) is 5.79. The minimum absolute atomic E-state index is 0.105. The number of aromatic amines is 2. The number of carbonyl (C=O) groups excluding carboxylic acids is 1. The number of H-pyrrole nitrogens is 2. The molecule has 1 aliphatic heterocycles. The van der Waals surface area contributed by atoms with Crippen molar-refractivity contribution in [2.75, 3.05) is 13.1 Å². The van der Waals surface area contributed by atoms with Gasteiger partial charge in [-0.2, -0.15) is 5.10 Å². The smallest absolute Gasteiger partial charge is 0.254 e. The van der Waals surface area contributed by atoms with E-state index in [1.165, 1.54) is 6.07 Å². The van der Waals surface area contributed by atoms with Crippen molar-refractivity contribution < 1.29 is 4.79 Å². The van der Waals surface area contributed by atoms with Crippen LogP contribution in [0.25, 0.3) is 0 Å². The molecule has 0 aliphatic carbocycles. The van der Waals surface area contributed by atoms with Gasteiger partial charge >= 0.3 is 0 Å². The summed E-state index contributed by atoms with van der Waals surface area (Å²) in [6.07, 6.45) is 1.88. The fourth-order valence-corrected chi connectivity index (χ4v) is 2.90. The lowest BCUT2D eigenvalue weighted by Gasteiger charge is -2.31. The Bertz CT molecular complexity index is 748. The normalized spacial score (nSPS) is 18.5. The zero-order valence-corrected chi connectivity index (χ0v) is 12.7. The fourth-order valence-electron chi connectivity index (χ4n) is 2.90. The van der Waals surface area contributed by atoms with E-state index in [9.17, 15) is 9.59 Å². The summed E-state index contributed by atoms with van der Waals surface area (Å²) >= 11 is 0. The van der Waals surface area contributed by atoms with E-state index < -0.39 is 0 Å². The topological polar surface area (TPSA) is 94.7 Å². The molecule has 7 heteroatoms. The van der Waals surface area contributed by atoms with Crippen molar-refractivity contribution in [3.05, 3.63) is 45.4 Å². The van der Waals surface area contributed by atoms with E-state index in [1.54, 1.807) is 17.9 Å². The van der Waals surface area contributed by atoms with Crippen LogP contribution in [0.1, 0.15) is 46.5 Å². The van der Waals surface area contributed by atoms with Gasteiger partial charge in [0.15, 0.2) is 5.82 Å². The Morgan fingerprint density at radius 2 is 2.18 bits per heavy atom. The zero-order chi connectivity index (χ0) is 15.7. The average Bonchev–Trinajstić information content (AvgIpc) is 2.92. The van der Waals surface area contributed by atoms with E-state index in [1.807, 2.05) is 6.92 Å². The summed E-state index contributed by atoms with van der Waals surface area (Å²) in [7, 11) is 0. The van der Waals surface area contributed by atoms with Crippen LogP contribution in [0.3, 0.4) is 0 Å². The molecule has 1 amide bonds. The Balaban J connectivity index is 1.79. The SMILES string of the molecule is Cc1cc(C(=O)N2CCC[C@@H](c3n[nH]c(C)n3)C2)cc(=O)[nH]1. The van der Waals surface area contributed by atoms with Gasteiger partial charge in [0.25, 0.3) is 5.91 Å². The van der Waals surface area contributed by atoms with Gasteiger partial charge in [-0.05, 0) is 32.8 Å². The highest BCUT2D eigenvalue weighted by Gasteiger charge is 2.27. The molecule has 0 aromatic carbocycles. The molecular formula is C15H19N5O2. The highest BCUT2D eigenvalue weighted by atomic mass is 16.2. The third-order valence-corrected chi connectivity index (χ3v) is 3.91. The number of nitrogens with zero attached hydrogens (tertiary/aromatic N) is 3. The number of aromatic nitrogens is 4. The van der Waals surface area contributed by atoms with Crippen LogP contribution in [0.5, 0.6) is 0 Å². The van der Waals surface area contributed by atoms with Crippen LogP contribution < -0.4 is 5.56 Å². The molecule has 2 N–H and O–H groups in total. The lowest BCUT2D eigenvalue weighted by molar-refractivity contribution is 0.0704. The Kier molecular flexibility index (Phi) is 3.79. The highest BCUT2D eigenvalue weighted by Crippen LogP contribution is 2.25. The molecule has 0 bridgehead atoms. The quantitative estimate of drug-likeness (QED) is 0.869. The van der Waals surface area contributed by atoms with Gasteiger partial charge in [-0.3, -0.25) is 14.7 Å². The molecule has 1 atom stereocenters. The van der Waals surface area contributed by atoms with Gasteiger partial charge in [0.1, 0.15) is 5.82 Å². The summed E-state index contributed by atoms with van der Waals surface area (Å²) < 4.78 is 0. The number of hydrogen-bond donors (Lipinski definition) is 2. The zero-order valence-electron chi connectivity index (χ0n) is 12.7. The van der Waals surface area contributed by atoms with Gasteiger partial charge in [0.05, 0.1) is 0 Å². The van der Waals surface area contributed by atoms with Crippen LogP contribution in [0.4, 0.5) is 0 Å². The molecule has 7 nitrogen and oxygen atoms in total. The second kappa shape index (κ2) is 5.75. The third kappa shape index (κ3) is 2.93. The highest BCUT2D eigenvalue weighted by molar-refractivity contribution is 5.94. The van der Waals surface area contributed by atoms with Crippen molar-refractivity contribution in [1.29, 1.82) is 0 Å². The van der Waals surface area contributed by atoms with Crippen molar-refractivity contribution >= 4 is 5.91 Å². The predicted molar refractivity (Wildman–Crippen MR) is 80.8 cm³/mol. The molecule has 1 aliphatic rings. The minimum atomic E-state index is -0.249. The van der Waals surface area contributed by atoms with Gasteiger partial charge in [0.2, 0.25) is 5.56 Å². The largest absolute Gasteiger partial charge is 0.338 e. The maximum atomic E-state index is 12.6. The third-order valence-electron chi connectivity index (χ3n) is 3.91. The Hall–Kier alpha value is -2.44. The Labute approximate surface area is 127 Å².